The third-order valence-corrected chi connectivity index (χ3v) is 2.71. The molecular formula is C13H11N3O. The number of nitrogen functional groups attached to an aromatic ring is 1. The maximum Gasteiger partial charge on any atom is 0.153 e. The number of phenolic OH excluding ortho intramolecular Hbond substituents is 1. The summed E-state index contributed by atoms with van der Waals surface area (Å²) in [6.45, 7) is 0. The molecule has 1 aromatic heterocycles. The van der Waals surface area contributed by atoms with Crippen molar-refractivity contribution in [3.63, 3.8) is 0 Å². The maximum absolute atomic E-state index is 9.91. The van der Waals surface area contributed by atoms with Crippen LogP contribution in [-0.4, -0.2) is 14.9 Å². The molecule has 0 radical (unpaired) electrons. The summed E-state index contributed by atoms with van der Waals surface area (Å²) in [5, 5.41) is 14.9. The summed E-state index contributed by atoms with van der Waals surface area (Å²) in [4.78, 5) is 0. The molecule has 0 spiro atoms. The van der Waals surface area contributed by atoms with Gasteiger partial charge in [0.05, 0.1) is 5.69 Å². The zero-order chi connectivity index (χ0) is 11.8. The molecule has 17 heavy (non-hydrogen) atoms. The first kappa shape index (κ1) is 9.72. The molecule has 0 bridgehead atoms. The summed E-state index contributed by atoms with van der Waals surface area (Å²) in [6.07, 6.45) is 0. The third-order valence-electron chi connectivity index (χ3n) is 2.71. The second-order valence-electron chi connectivity index (χ2n) is 3.81. The zero-order valence-electron chi connectivity index (χ0n) is 9.04. The smallest absolute Gasteiger partial charge is 0.153 e. The SMILES string of the molecule is Nc1nn(-c2ccccc2)c2c(O)cccc12. The number of aromatic hydroxyl groups is 1. The van der Waals surface area contributed by atoms with Crippen LogP contribution in [0, 0.1) is 0 Å². The van der Waals surface area contributed by atoms with E-state index in [0.29, 0.717) is 11.3 Å². The normalized spacial score (nSPS) is 10.8. The number of benzene rings is 2. The molecule has 0 aliphatic rings. The average molecular weight is 225 g/mol. The fraction of sp³-hybridized carbons (Fsp3) is 0. The van der Waals surface area contributed by atoms with Gasteiger partial charge in [0.1, 0.15) is 11.3 Å². The minimum absolute atomic E-state index is 0.176. The van der Waals surface area contributed by atoms with Crippen LogP contribution in [0.5, 0.6) is 5.75 Å². The molecule has 0 amide bonds. The molecule has 0 saturated carbocycles. The Morgan fingerprint density at radius 2 is 1.76 bits per heavy atom. The third kappa shape index (κ3) is 1.42. The van der Waals surface area contributed by atoms with E-state index in [0.717, 1.165) is 11.1 Å². The van der Waals surface area contributed by atoms with E-state index in [1.807, 2.05) is 36.4 Å². The first-order valence-corrected chi connectivity index (χ1v) is 5.29. The number of nitrogens with two attached hydrogens (primary N) is 1. The summed E-state index contributed by atoms with van der Waals surface area (Å²) in [6, 6.07) is 14.8. The summed E-state index contributed by atoms with van der Waals surface area (Å²) >= 11 is 0. The lowest BCUT2D eigenvalue weighted by Gasteiger charge is -2.03. The van der Waals surface area contributed by atoms with Crippen molar-refractivity contribution < 1.29 is 5.11 Å². The highest BCUT2D eigenvalue weighted by Gasteiger charge is 2.12. The van der Waals surface area contributed by atoms with E-state index >= 15 is 0 Å². The van der Waals surface area contributed by atoms with Gasteiger partial charge in [0.2, 0.25) is 0 Å². The Morgan fingerprint density at radius 1 is 1.00 bits per heavy atom. The van der Waals surface area contributed by atoms with Gasteiger partial charge in [0.15, 0.2) is 5.82 Å². The van der Waals surface area contributed by atoms with Gasteiger partial charge >= 0.3 is 0 Å². The average Bonchev–Trinajstić information content (AvgIpc) is 2.70. The quantitative estimate of drug-likeness (QED) is 0.668. The van der Waals surface area contributed by atoms with Crippen LogP contribution in [0.3, 0.4) is 0 Å². The van der Waals surface area contributed by atoms with Crippen molar-refractivity contribution in [2.45, 2.75) is 0 Å². The van der Waals surface area contributed by atoms with E-state index < -0.39 is 0 Å². The maximum atomic E-state index is 9.91. The van der Waals surface area contributed by atoms with E-state index in [1.54, 1.807) is 16.8 Å². The van der Waals surface area contributed by atoms with Gasteiger partial charge in [0.25, 0.3) is 0 Å². The van der Waals surface area contributed by atoms with Crippen LogP contribution < -0.4 is 5.73 Å². The van der Waals surface area contributed by atoms with E-state index in [2.05, 4.69) is 5.10 Å². The summed E-state index contributed by atoms with van der Waals surface area (Å²) < 4.78 is 1.65. The van der Waals surface area contributed by atoms with Gasteiger partial charge in [0, 0.05) is 5.39 Å². The molecule has 0 aliphatic heterocycles. The Hall–Kier alpha value is -2.49. The molecule has 0 atom stereocenters. The fourth-order valence-electron chi connectivity index (χ4n) is 1.93. The Kier molecular flexibility index (Phi) is 2.01. The molecule has 1 heterocycles. The lowest BCUT2D eigenvalue weighted by Crippen LogP contribution is -1.96. The van der Waals surface area contributed by atoms with E-state index in [9.17, 15) is 5.11 Å². The van der Waals surface area contributed by atoms with Crippen molar-refractivity contribution >= 4 is 16.7 Å². The summed E-state index contributed by atoms with van der Waals surface area (Å²) in [7, 11) is 0. The number of phenols is 1. The lowest BCUT2D eigenvalue weighted by molar-refractivity contribution is 0.479. The number of aromatic nitrogens is 2. The highest BCUT2D eigenvalue weighted by atomic mass is 16.3. The van der Waals surface area contributed by atoms with Crippen LogP contribution in [0.1, 0.15) is 0 Å². The Labute approximate surface area is 97.9 Å². The lowest BCUT2D eigenvalue weighted by atomic mass is 10.2. The summed E-state index contributed by atoms with van der Waals surface area (Å²) in [5.41, 5.74) is 7.35. The van der Waals surface area contributed by atoms with Crippen LogP contribution in [-0.2, 0) is 0 Å². The topological polar surface area (TPSA) is 64.1 Å². The zero-order valence-corrected chi connectivity index (χ0v) is 9.04. The van der Waals surface area contributed by atoms with Gasteiger partial charge in [-0.2, -0.15) is 0 Å². The van der Waals surface area contributed by atoms with Crippen molar-refractivity contribution in [3.8, 4) is 11.4 Å². The predicted octanol–water partition coefficient (Wildman–Crippen LogP) is 2.31. The minimum Gasteiger partial charge on any atom is -0.506 e. The van der Waals surface area contributed by atoms with Crippen molar-refractivity contribution in [3.05, 3.63) is 48.5 Å². The van der Waals surface area contributed by atoms with Gasteiger partial charge in [-0.25, -0.2) is 4.68 Å². The molecule has 0 fully saturated rings. The number of rotatable bonds is 1. The minimum atomic E-state index is 0.176. The van der Waals surface area contributed by atoms with Gasteiger partial charge in [-0.3, -0.25) is 0 Å². The molecule has 3 aromatic rings. The van der Waals surface area contributed by atoms with E-state index in [1.165, 1.54) is 0 Å². The number of fused-ring (bicyclic) bond motifs is 1. The van der Waals surface area contributed by atoms with Gasteiger partial charge < -0.3 is 10.8 Å². The Bertz CT molecular complexity index is 674. The van der Waals surface area contributed by atoms with Crippen molar-refractivity contribution in [1.29, 1.82) is 0 Å². The second-order valence-corrected chi connectivity index (χ2v) is 3.81. The highest BCUT2D eigenvalue weighted by Crippen LogP contribution is 2.30. The number of anilines is 1. The molecule has 4 heteroatoms. The number of nitrogens with zero attached hydrogens (tertiary/aromatic N) is 2. The standard InChI is InChI=1S/C13H11N3O/c14-13-10-7-4-8-11(17)12(10)16(15-13)9-5-2-1-3-6-9/h1-8,17H,(H2,14,15). The van der Waals surface area contributed by atoms with Crippen molar-refractivity contribution in [1.82, 2.24) is 9.78 Å². The molecule has 0 aliphatic carbocycles. The van der Waals surface area contributed by atoms with Crippen molar-refractivity contribution in [2.24, 2.45) is 0 Å². The fourth-order valence-corrected chi connectivity index (χ4v) is 1.93. The van der Waals surface area contributed by atoms with E-state index in [4.69, 9.17) is 5.73 Å². The molecule has 3 rings (SSSR count). The molecular weight excluding hydrogens is 214 g/mol. The van der Waals surface area contributed by atoms with Crippen molar-refractivity contribution in [2.75, 3.05) is 5.73 Å². The first-order valence-electron chi connectivity index (χ1n) is 5.29. The van der Waals surface area contributed by atoms with Crippen LogP contribution in [0.15, 0.2) is 48.5 Å². The Morgan fingerprint density at radius 3 is 2.53 bits per heavy atom. The van der Waals surface area contributed by atoms with Crippen LogP contribution in [0.25, 0.3) is 16.6 Å². The van der Waals surface area contributed by atoms with E-state index in [-0.39, 0.29) is 5.75 Å². The first-order chi connectivity index (χ1) is 8.27. The highest BCUT2D eigenvalue weighted by molar-refractivity contribution is 5.94. The number of hydrogen-bond donors (Lipinski definition) is 2. The molecule has 4 nitrogen and oxygen atoms in total. The molecule has 0 unspecified atom stereocenters. The molecule has 84 valence electrons. The molecule has 0 saturated heterocycles. The van der Waals surface area contributed by atoms with Gasteiger partial charge in [-0.15, -0.1) is 5.10 Å². The van der Waals surface area contributed by atoms with Crippen LogP contribution in [0.4, 0.5) is 5.82 Å². The van der Waals surface area contributed by atoms with Crippen LogP contribution in [0.2, 0.25) is 0 Å². The number of hydrogen-bond acceptors (Lipinski definition) is 3. The van der Waals surface area contributed by atoms with Crippen LogP contribution >= 0.6 is 0 Å². The van der Waals surface area contributed by atoms with Gasteiger partial charge in [-0.05, 0) is 24.3 Å². The Balaban J connectivity index is 2.38. The second kappa shape index (κ2) is 3.52. The largest absolute Gasteiger partial charge is 0.506 e. The molecule has 3 N–H and O–H groups in total. The van der Waals surface area contributed by atoms with Gasteiger partial charge in [-0.1, -0.05) is 24.3 Å². The monoisotopic (exact) mass is 225 g/mol. The predicted molar refractivity (Wildman–Crippen MR) is 67.1 cm³/mol. The molecule has 2 aromatic carbocycles. The number of para-hydroxylation sites is 2. The summed E-state index contributed by atoms with van der Waals surface area (Å²) in [5.74, 6) is 0.593.